The Hall–Kier alpha value is -5.90. The first kappa shape index (κ1) is 76.3. The maximum absolute atomic E-state index is 9.13. The Kier molecular flexibility index (Phi) is 28.4. The molecule has 0 fully saturated rings. The smallest absolute Gasteiger partial charge is 0.0268 e. The maximum atomic E-state index is 9.13. The van der Waals surface area contributed by atoms with Crippen LogP contribution in [-0.2, 0) is 32.1 Å². The van der Waals surface area contributed by atoms with Crippen LogP contribution in [0.4, 0.5) is 0 Å². The van der Waals surface area contributed by atoms with Crippen molar-refractivity contribution in [1.29, 1.82) is 0 Å². The molecule has 0 amide bonds. The van der Waals surface area contributed by atoms with Gasteiger partial charge in [0.25, 0.3) is 0 Å². The minimum atomic E-state index is 0.911. The van der Waals surface area contributed by atoms with Crippen LogP contribution in [0.3, 0.4) is 0 Å². The van der Waals surface area contributed by atoms with Crippen molar-refractivity contribution in [2.75, 3.05) is 0 Å². The molecule has 0 aliphatic carbocycles. The predicted molar refractivity (Wildman–Crippen MR) is 468 cm³/mol. The number of rotatable bonds is 55. The van der Waals surface area contributed by atoms with E-state index >= 15 is 0 Å². The summed E-state index contributed by atoms with van der Waals surface area (Å²) in [7, 11) is 0. The Morgan fingerprint density at radius 2 is 0.288 bits per heavy atom. The van der Waals surface area contributed by atoms with Crippen LogP contribution in [0.1, 0.15) is 389 Å². The Labute approximate surface area is 631 Å². The van der Waals surface area contributed by atoms with E-state index < -0.39 is 0 Å². The molecule has 13 aromatic rings. The van der Waals surface area contributed by atoms with Crippen molar-refractivity contribution in [3.05, 3.63) is 113 Å². The summed E-state index contributed by atoms with van der Waals surface area (Å²) in [5, 5.41) is 35.7. The SMILES string of the molecule is [C]#Cc1cc2c3cc(CCCCCCCCCCCC)cc4c5cc(CCCCCCCCCCCC)cc6c7cc(CCCCCCCCCCCC)cc8c9cc(CCCCCCCCCCCC)cc%10c%11cc(CCCCCCCCCCCC)cc%12c(c1)c2c1c(c34)c(c56)c(c78)c(c%109)c1c%12%11. The van der Waals surface area contributed by atoms with Gasteiger partial charge in [-0.25, -0.2) is 0 Å². The lowest BCUT2D eigenvalue weighted by Gasteiger charge is -2.30. The molecule has 0 aliphatic heterocycles. The van der Waals surface area contributed by atoms with E-state index in [9.17, 15) is 0 Å². The quantitative estimate of drug-likeness (QED) is 0.0154. The van der Waals surface area contributed by atoms with E-state index in [-0.39, 0.29) is 0 Å². The fourth-order valence-electron chi connectivity index (χ4n) is 20.4. The van der Waals surface area contributed by atoms with Crippen LogP contribution in [0.25, 0.3) is 129 Å². The predicted octanol–water partition coefficient (Wildman–Crippen LogP) is 34.4. The van der Waals surface area contributed by atoms with Crippen molar-refractivity contribution in [3.8, 4) is 5.92 Å². The number of hydrogen-bond acceptors (Lipinski definition) is 0. The van der Waals surface area contributed by atoms with Crippen molar-refractivity contribution in [1.82, 2.24) is 0 Å². The maximum Gasteiger partial charge on any atom is 0.0268 e. The highest BCUT2D eigenvalue weighted by Gasteiger charge is 2.33. The van der Waals surface area contributed by atoms with Gasteiger partial charge >= 0.3 is 0 Å². The molecule has 13 rings (SSSR count). The lowest BCUT2D eigenvalue weighted by Crippen LogP contribution is -2.03. The second-order valence-corrected chi connectivity index (χ2v) is 34.3. The van der Waals surface area contributed by atoms with Gasteiger partial charge < -0.3 is 0 Å². The van der Waals surface area contributed by atoms with Crippen molar-refractivity contribution in [3.63, 3.8) is 0 Å². The van der Waals surface area contributed by atoms with Crippen LogP contribution in [0.5, 0.6) is 0 Å². The van der Waals surface area contributed by atoms with E-state index in [1.165, 1.54) is 462 Å². The molecule has 1 radical (unpaired) electrons. The van der Waals surface area contributed by atoms with E-state index in [0.717, 1.165) is 37.7 Å². The molecule has 0 unspecified atom stereocenters. The number of fused-ring (bicyclic) bond motifs is 6. The normalized spacial score (nSPS) is 12.7. The highest BCUT2D eigenvalue weighted by molar-refractivity contribution is 6.61. The van der Waals surface area contributed by atoms with E-state index in [4.69, 9.17) is 6.42 Å². The van der Waals surface area contributed by atoms with E-state index in [2.05, 4.69) is 113 Å². The average Bonchev–Trinajstić information content (AvgIpc) is 0.643. The molecule has 0 bridgehead atoms. The van der Waals surface area contributed by atoms with Gasteiger partial charge in [0.2, 0.25) is 0 Å². The number of hydrogen-bond donors (Lipinski definition) is 0. The van der Waals surface area contributed by atoms with Crippen LogP contribution in [0.2, 0.25) is 0 Å². The summed E-state index contributed by atoms with van der Waals surface area (Å²) in [4.78, 5) is 0. The van der Waals surface area contributed by atoms with Crippen LogP contribution < -0.4 is 0 Å². The van der Waals surface area contributed by atoms with Crippen molar-refractivity contribution >= 4 is 129 Å². The zero-order valence-electron chi connectivity index (χ0n) is 66.8. The zero-order chi connectivity index (χ0) is 71.4. The zero-order valence-corrected chi connectivity index (χ0v) is 66.8. The molecular formula is C104H137. The molecule has 0 atom stereocenters. The van der Waals surface area contributed by atoms with Gasteiger partial charge in [-0.2, -0.15) is 0 Å². The third-order valence-electron chi connectivity index (χ3n) is 26.1. The first-order chi connectivity index (χ1) is 51.5. The molecule has 0 N–H and O–H groups in total. The standard InChI is InChI=1S/C104H137/c1-7-13-18-23-28-33-38-43-48-53-58-76-65-83-81-63-75(12-6)64-82-84-66-77(59-54-49-44-39-34-29-24-19-14-8-2)68-86-88-70-79(61-56-51-46-41-36-31-26-21-16-10-4)72-90-92-74-80(62-57-52-47-42-37-32-27-22-17-11-5)73-91-89-71-78(60-55-50-45-40-35-30-25-20-15-9-3)69-87-85(67-76)94(83)100-99(93(81)82)101(95(84)86)103(97(88)90)104(98(91)92)102(100)96(87)89/h63-74H,7-11,13-62H2,1-5H3. The molecule has 0 nitrogen and oxygen atoms in total. The van der Waals surface area contributed by atoms with E-state index in [1.807, 2.05) is 0 Å². The Morgan fingerprint density at radius 1 is 0.163 bits per heavy atom. The Bertz CT molecular complexity index is 4470. The van der Waals surface area contributed by atoms with Crippen LogP contribution in [0.15, 0.2) is 72.8 Å². The van der Waals surface area contributed by atoms with Gasteiger partial charge in [-0.3, -0.25) is 0 Å². The molecule has 553 valence electrons. The van der Waals surface area contributed by atoms with Crippen LogP contribution in [0, 0.1) is 12.3 Å². The summed E-state index contributed by atoms with van der Waals surface area (Å²) in [5.74, 6) is 3.08. The largest absolute Gasteiger partial charge is 0.0654 e. The second kappa shape index (κ2) is 38.8. The van der Waals surface area contributed by atoms with Gasteiger partial charge in [-0.1, -0.05) is 390 Å². The highest BCUT2D eigenvalue weighted by Crippen LogP contribution is 2.61. The lowest BCUT2D eigenvalue weighted by molar-refractivity contribution is 0.556. The van der Waals surface area contributed by atoms with Crippen molar-refractivity contribution < 1.29 is 0 Å². The summed E-state index contributed by atoms with van der Waals surface area (Å²) < 4.78 is 0. The minimum absolute atomic E-state index is 0.911. The minimum Gasteiger partial charge on any atom is -0.0654 e. The number of unbranched alkanes of at least 4 members (excludes halogenated alkanes) is 45. The first-order valence-electron chi connectivity index (χ1n) is 45.2. The van der Waals surface area contributed by atoms with Gasteiger partial charge in [-0.05, 0) is 240 Å². The van der Waals surface area contributed by atoms with Crippen LogP contribution in [-0.4, -0.2) is 0 Å². The summed E-state index contributed by atoms with van der Waals surface area (Å²) in [5.41, 5.74) is 8.54. The third kappa shape index (κ3) is 17.3. The van der Waals surface area contributed by atoms with E-state index in [0.29, 0.717) is 0 Å². The molecule has 0 spiro atoms. The highest BCUT2D eigenvalue weighted by atomic mass is 14.4. The van der Waals surface area contributed by atoms with Crippen LogP contribution >= 0.6 is 0 Å². The second-order valence-electron chi connectivity index (χ2n) is 34.3. The molecule has 0 saturated heterocycles. The van der Waals surface area contributed by atoms with Gasteiger partial charge in [0.05, 0.1) is 0 Å². The summed E-state index contributed by atoms with van der Waals surface area (Å²) >= 11 is 0. The fraction of sp³-hybridized carbons (Fsp3) is 0.577. The Morgan fingerprint density at radius 3 is 0.423 bits per heavy atom. The fourth-order valence-corrected chi connectivity index (χ4v) is 20.4. The molecule has 0 aliphatic rings. The van der Waals surface area contributed by atoms with Gasteiger partial charge in [0, 0.05) is 5.56 Å². The third-order valence-corrected chi connectivity index (χ3v) is 26.1. The summed E-state index contributed by atoms with van der Waals surface area (Å²) in [6, 6.07) is 32.3. The molecule has 0 aromatic heterocycles. The first-order valence-corrected chi connectivity index (χ1v) is 45.2. The van der Waals surface area contributed by atoms with Gasteiger partial charge in [-0.15, -0.1) is 0 Å². The molecule has 104 heavy (non-hydrogen) atoms. The molecule has 0 saturated carbocycles. The molecule has 0 heterocycles. The van der Waals surface area contributed by atoms with Crippen molar-refractivity contribution in [2.45, 2.75) is 388 Å². The van der Waals surface area contributed by atoms with Gasteiger partial charge in [0.15, 0.2) is 0 Å². The molecule has 0 heteroatoms. The molecule has 13 aromatic carbocycles. The number of benzene rings is 13. The van der Waals surface area contributed by atoms with E-state index in [1.54, 1.807) is 16.3 Å². The molecular weight excluding hydrogens is 1250 g/mol. The summed E-state index contributed by atoms with van der Waals surface area (Å²) in [6.45, 7) is 11.7. The monoisotopic (exact) mass is 1390 g/mol. The van der Waals surface area contributed by atoms with Gasteiger partial charge in [0.1, 0.15) is 0 Å². The average molecular weight is 1390 g/mol. The topological polar surface area (TPSA) is 0 Å². The Balaban J connectivity index is 1.01. The van der Waals surface area contributed by atoms with Crippen molar-refractivity contribution in [2.24, 2.45) is 0 Å². The summed E-state index contributed by atoms with van der Waals surface area (Å²) in [6.07, 6.45) is 82.7. The number of aryl methyl sites for hydroxylation is 5. The lowest BCUT2D eigenvalue weighted by atomic mass is 9.72.